The van der Waals surface area contributed by atoms with Gasteiger partial charge in [0.2, 0.25) is 0 Å². The smallest absolute Gasteiger partial charge is 0.155 e. The van der Waals surface area contributed by atoms with Crippen molar-refractivity contribution in [1.29, 1.82) is 0 Å². The molecule has 2 fully saturated rings. The van der Waals surface area contributed by atoms with Crippen molar-refractivity contribution < 1.29 is 4.79 Å². The number of carbonyl (C=O) groups excluding carboxylic acids is 1. The summed E-state index contributed by atoms with van der Waals surface area (Å²) in [6, 6.07) is 4.30. The zero-order chi connectivity index (χ0) is 17.9. The zero-order valence-electron chi connectivity index (χ0n) is 16.0. The molecule has 1 heterocycles. The van der Waals surface area contributed by atoms with Crippen LogP contribution in [0.15, 0.2) is 42.3 Å². The number of ketones is 1. The topological polar surface area (TPSA) is 30.0 Å². The van der Waals surface area contributed by atoms with Gasteiger partial charge in [0.15, 0.2) is 5.78 Å². The third-order valence-corrected chi connectivity index (χ3v) is 8.52. The monoisotopic (exact) mass is 347 g/mol. The average molecular weight is 348 g/mol. The van der Waals surface area contributed by atoms with Crippen molar-refractivity contribution in [3.05, 3.63) is 47.8 Å². The summed E-state index contributed by atoms with van der Waals surface area (Å²) >= 11 is 0. The Labute approximate surface area is 156 Å². The van der Waals surface area contributed by atoms with E-state index in [1.807, 2.05) is 18.5 Å². The molecular formula is C24H29NO. The second-order valence-corrected chi connectivity index (χ2v) is 9.52. The van der Waals surface area contributed by atoms with Gasteiger partial charge in [0.05, 0.1) is 0 Å². The van der Waals surface area contributed by atoms with E-state index >= 15 is 0 Å². The number of carbonyl (C=O) groups is 1. The molecule has 0 aliphatic heterocycles. The highest BCUT2D eigenvalue weighted by Gasteiger charge is 2.57. The number of pyridine rings is 1. The van der Waals surface area contributed by atoms with Crippen LogP contribution >= 0.6 is 0 Å². The third kappa shape index (κ3) is 2.17. The van der Waals surface area contributed by atoms with Gasteiger partial charge in [0, 0.05) is 18.8 Å². The summed E-state index contributed by atoms with van der Waals surface area (Å²) < 4.78 is 0. The van der Waals surface area contributed by atoms with Crippen LogP contribution in [0, 0.1) is 28.6 Å². The van der Waals surface area contributed by atoms with Gasteiger partial charge < -0.3 is 0 Å². The van der Waals surface area contributed by atoms with Gasteiger partial charge in [-0.3, -0.25) is 9.78 Å². The molecule has 5 rings (SSSR count). The van der Waals surface area contributed by atoms with Crippen molar-refractivity contribution in [3.63, 3.8) is 0 Å². The minimum Gasteiger partial charge on any atom is -0.295 e. The molecule has 1 aromatic rings. The number of fused-ring (bicyclic) bond motifs is 5. The highest BCUT2D eigenvalue weighted by atomic mass is 16.1. The Morgan fingerprint density at radius 1 is 1.08 bits per heavy atom. The Hall–Kier alpha value is -1.70. The SMILES string of the molecule is CC12CCC(=O)C=C1CC[C@@H]1[C@@H]2CC[C@]2(C)C(c3cccnc3)=CC[C@@H]12. The molecule has 2 heteroatoms. The van der Waals surface area contributed by atoms with Gasteiger partial charge in [-0.25, -0.2) is 0 Å². The molecule has 4 aliphatic carbocycles. The molecule has 0 aromatic carbocycles. The molecule has 136 valence electrons. The van der Waals surface area contributed by atoms with Crippen LogP contribution in [0.2, 0.25) is 0 Å². The molecule has 1 aromatic heterocycles. The summed E-state index contributed by atoms with van der Waals surface area (Å²) in [4.78, 5) is 16.3. The molecule has 0 bridgehead atoms. The molecule has 4 aliphatic rings. The lowest BCUT2D eigenvalue weighted by Gasteiger charge is -2.57. The second kappa shape index (κ2) is 5.65. The summed E-state index contributed by atoms with van der Waals surface area (Å²) in [5, 5.41) is 0. The van der Waals surface area contributed by atoms with E-state index in [1.165, 1.54) is 36.8 Å². The van der Waals surface area contributed by atoms with Gasteiger partial charge in [-0.05, 0) is 90.4 Å². The molecule has 26 heavy (non-hydrogen) atoms. The third-order valence-electron chi connectivity index (χ3n) is 8.52. The normalized spacial score (nSPS) is 41.6. The zero-order valence-corrected chi connectivity index (χ0v) is 16.0. The first-order valence-corrected chi connectivity index (χ1v) is 10.4. The van der Waals surface area contributed by atoms with Gasteiger partial charge in [-0.2, -0.15) is 0 Å². The Balaban J connectivity index is 1.48. The fourth-order valence-corrected chi connectivity index (χ4v) is 7.10. The number of nitrogens with zero attached hydrogens (tertiary/aromatic N) is 1. The van der Waals surface area contributed by atoms with E-state index in [1.54, 1.807) is 5.57 Å². The molecule has 2 nitrogen and oxygen atoms in total. The molecule has 0 N–H and O–H groups in total. The first-order chi connectivity index (χ1) is 12.5. The lowest BCUT2D eigenvalue weighted by Crippen LogP contribution is -2.49. The standard InChI is InChI=1S/C24H29NO/c1-23-11-9-18(26)14-17(23)5-6-19-21-8-7-20(16-4-3-13-25-15-16)24(21,2)12-10-22(19)23/h3-4,7,13-15,19,21-22H,5-6,8-12H2,1-2H3/t19-,21-,22-,23?,24+/m0/s1. The molecule has 5 atom stereocenters. The summed E-state index contributed by atoms with van der Waals surface area (Å²) in [6.45, 7) is 4.98. The molecule has 1 unspecified atom stereocenters. The van der Waals surface area contributed by atoms with Crippen molar-refractivity contribution >= 4 is 11.4 Å². The van der Waals surface area contributed by atoms with Crippen molar-refractivity contribution in [2.75, 3.05) is 0 Å². The van der Waals surface area contributed by atoms with Crippen LogP contribution in [-0.4, -0.2) is 10.8 Å². The highest BCUT2D eigenvalue weighted by Crippen LogP contribution is 2.66. The fraction of sp³-hybridized carbons (Fsp3) is 0.583. The van der Waals surface area contributed by atoms with Crippen molar-refractivity contribution in [2.45, 2.75) is 58.8 Å². The minimum absolute atomic E-state index is 0.273. The summed E-state index contributed by atoms with van der Waals surface area (Å²) in [7, 11) is 0. The largest absolute Gasteiger partial charge is 0.295 e. The van der Waals surface area contributed by atoms with Crippen LogP contribution in [0.5, 0.6) is 0 Å². The lowest BCUT2D eigenvalue weighted by molar-refractivity contribution is -0.117. The van der Waals surface area contributed by atoms with E-state index in [0.717, 1.165) is 37.0 Å². The maximum absolute atomic E-state index is 12.0. The second-order valence-electron chi connectivity index (χ2n) is 9.52. The first kappa shape index (κ1) is 16.5. The number of hydrogen-bond acceptors (Lipinski definition) is 2. The Morgan fingerprint density at radius 2 is 1.96 bits per heavy atom. The number of allylic oxidation sites excluding steroid dienone is 4. The van der Waals surface area contributed by atoms with Crippen molar-refractivity contribution in [2.24, 2.45) is 28.6 Å². The Morgan fingerprint density at radius 3 is 2.77 bits per heavy atom. The molecule has 0 spiro atoms. The predicted molar refractivity (Wildman–Crippen MR) is 104 cm³/mol. The van der Waals surface area contributed by atoms with Crippen LogP contribution in [-0.2, 0) is 4.79 Å². The summed E-state index contributed by atoms with van der Waals surface area (Å²) in [5.41, 5.74) is 4.90. The van der Waals surface area contributed by atoms with Crippen molar-refractivity contribution in [3.8, 4) is 0 Å². The first-order valence-electron chi connectivity index (χ1n) is 10.4. The molecule has 0 amide bonds. The molecule has 0 radical (unpaired) electrons. The average Bonchev–Trinajstić information content (AvgIpc) is 3.00. The number of aromatic nitrogens is 1. The number of hydrogen-bond donors (Lipinski definition) is 0. The van der Waals surface area contributed by atoms with E-state index in [0.29, 0.717) is 11.2 Å². The quantitative estimate of drug-likeness (QED) is 0.661. The van der Waals surface area contributed by atoms with E-state index in [2.05, 4.69) is 37.0 Å². The van der Waals surface area contributed by atoms with Gasteiger partial charge in [0.1, 0.15) is 0 Å². The maximum atomic E-state index is 12.0. The van der Waals surface area contributed by atoms with E-state index < -0.39 is 0 Å². The van der Waals surface area contributed by atoms with Crippen LogP contribution in [0.25, 0.3) is 5.57 Å². The van der Waals surface area contributed by atoms with Crippen LogP contribution < -0.4 is 0 Å². The van der Waals surface area contributed by atoms with Crippen LogP contribution in [0.4, 0.5) is 0 Å². The number of rotatable bonds is 1. The maximum Gasteiger partial charge on any atom is 0.155 e. The highest BCUT2D eigenvalue weighted by molar-refractivity contribution is 5.91. The predicted octanol–water partition coefficient (Wildman–Crippen LogP) is 5.61. The van der Waals surface area contributed by atoms with Gasteiger partial charge in [-0.1, -0.05) is 31.6 Å². The summed E-state index contributed by atoms with van der Waals surface area (Å²) in [6.07, 6.45) is 16.5. The van der Waals surface area contributed by atoms with E-state index in [9.17, 15) is 4.79 Å². The Bertz CT molecular complexity index is 807. The van der Waals surface area contributed by atoms with Crippen LogP contribution in [0.1, 0.15) is 64.4 Å². The summed E-state index contributed by atoms with van der Waals surface area (Å²) in [5.74, 6) is 2.68. The minimum atomic E-state index is 0.273. The fourth-order valence-electron chi connectivity index (χ4n) is 7.10. The molecule has 0 saturated heterocycles. The molecular weight excluding hydrogens is 318 g/mol. The van der Waals surface area contributed by atoms with Crippen LogP contribution in [0.3, 0.4) is 0 Å². The van der Waals surface area contributed by atoms with Gasteiger partial charge in [-0.15, -0.1) is 0 Å². The van der Waals surface area contributed by atoms with Gasteiger partial charge >= 0.3 is 0 Å². The van der Waals surface area contributed by atoms with E-state index in [-0.39, 0.29) is 5.41 Å². The lowest BCUT2D eigenvalue weighted by atomic mass is 9.46. The Kier molecular flexibility index (Phi) is 3.58. The van der Waals surface area contributed by atoms with Crippen molar-refractivity contribution in [1.82, 2.24) is 4.98 Å². The van der Waals surface area contributed by atoms with E-state index in [4.69, 9.17) is 0 Å². The molecule has 2 saturated carbocycles. The van der Waals surface area contributed by atoms with Gasteiger partial charge in [0.25, 0.3) is 0 Å².